The molecule has 0 spiro atoms. The maximum absolute atomic E-state index is 12.8. The Bertz CT molecular complexity index is 562. The predicted molar refractivity (Wildman–Crippen MR) is 81.6 cm³/mol. The van der Waals surface area contributed by atoms with Gasteiger partial charge in [0.25, 0.3) is 0 Å². The van der Waals surface area contributed by atoms with Crippen LogP contribution in [0.5, 0.6) is 0 Å². The number of aliphatic hydroxyl groups is 1. The molecular weight excluding hydrogens is 290 g/mol. The second kappa shape index (κ2) is 7.20. The SMILES string of the molecule is CCNc1cc(S(=O)(=O)N2CCCC2CCCO)ccn1. The van der Waals surface area contributed by atoms with E-state index in [0.29, 0.717) is 31.7 Å². The molecule has 0 aromatic carbocycles. The maximum atomic E-state index is 12.8. The van der Waals surface area contributed by atoms with Crippen LogP contribution in [0.25, 0.3) is 0 Å². The van der Waals surface area contributed by atoms with Crippen LogP contribution in [0.3, 0.4) is 0 Å². The van der Waals surface area contributed by atoms with Crippen LogP contribution < -0.4 is 5.32 Å². The van der Waals surface area contributed by atoms with Crippen LogP contribution >= 0.6 is 0 Å². The first-order chi connectivity index (χ1) is 10.1. The highest BCUT2D eigenvalue weighted by Gasteiger charge is 2.34. The van der Waals surface area contributed by atoms with E-state index in [4.69, 9.17) is 5.11 Å². The van der Waals surface area contributed by atoms with E-state index in [9.17, 15) is 8.42 Å². The van der Waals surface area contributed by atoms with E-state index in [1.807, 2.05) is 6.92 Å². The number of aromatic nitrogens is 1. The predicted octanol–water partition coefficient (Wildman–Crippen LogP) is 1.44. The molecule has 0 radical (unpaired) electrons. The maximum Gasteiger partial charge on any atom is 0.243 e. The van der Waals surface area contributed by atoms with Gasteiger partial charge in [0.1, 0.15) is 5.82 Å². The third-order valence-corrected chi connectivity index (χ3v) is 5.66. The lowest BCUT2D eigenvalue weighted by atomic mass is 10.1. The van der Waals surface area contributed by atoms with Crippen LogP contribution in [0.15, 0.2) is 23.2 Å². The lowest BCUT2D eigenvalue weighted by Gasteiger charge is -2.24. The number of pyridine rings is 1. The molecule has 7 heteroatoms. The number of hydrogen-bond donors (Lipinski definition) is 2. The highest BCUT2D eigenvalue weighted by atomic mass is 32.2. The number of hydrogen-bond acceptors (Lipinski definition) is 5. The summed E-state index contributed by atoms with van der Waals surface area (Å²) in [6, 6.07) is 3.12. The monoisotopic (exact) mass is 313 g/mol. The number of nitrogens with one attached hydrogen (secondary N) is 1. The molecule has 1 atom stereocenters. The number of nitrogens with zero attached hydrogens (tertiary/aromatic N) is 2. The minimum absolute atomic E-state index is 0.00194. The summed E-state index contributed by atoms with van der Waals surface area (Å²) < 4.78 is 27.1. The van der Waals surface area contributed by atoms with Crippen molar-refractivity contribution in [2.45, 2.75) is 43.5 Å². The van der Waals surface area contributed by atoms with Gasteiger partial charge in [-0.25, -0.2) is 13.4 Å². The summed E-state index contributed by atoms with van der Waals surface area (Å²) >= 11 is 0. The fourth-order valence-electron chi connectivity index (χ4n) is 2.73. The van der Waals surface area contributed by atoms with E-state index in [0.717, 1.165) is 12.8 Å². The van der Waals surface area contributed by atoms with Crippen molar-refractivity contribution < 1.29 is 13.5 Å². The average Bonchev–Trinajstić information content (AvgIpc) is 2.95. The Kier molecular flexibility index (Phi) is 5.55. The second-order valence-electron chi connectivity index (χ2n) is 5.18. The van der Waals surface area contributed by atoms with Gasteiger partial charge < -0.3 is 10.4 Å². The summed E-state index contributed by atoms with van der Waals surface area (Å²) in [5, 5.41) is 12.0. The van der Waals surface area contributed by atoms with Crippen molar-refractivity contribution >= 4 is 15.8 Å². The molecule has 2 heterocycles. The third-order valence-electron chi connectivity index (χ3n) is 3.71. The van der Waals surface area contributed by atoms with Gasteiger partial charge in [-0.2, -0.15) is 4.31 Å². The molecule has 21 heavy (non-hydrogen) atoms. The highest BCUT2D eigenvalue weighted by molar-refractivity contribution is 7.89. The van der Waals surface area contributed by atoms with Gasteiger partial charge in [0, 0.05) is 38.0 Å². The summed E-state index contributed by atoms with van der Waals surface area (Å²) in [5.41, 5.74) is 0. The van der Waals surface area contributed by atoms with Gasteiger partial charge in [0.2, 0.25) is 10.0 Å². The van der Waals surface area contributed by atoms with Crippen LogP contribution in [0, 0.1) is 0 Å². The number of sulfonamides is 1. The fraction of sp³-hybridized carbons (Fsp3) is 0.643. The first kappa shape index (κ1) is 16.2. The Labute approximate surface area is 126 Å². The van der Waals surface area contributed by atoms with Crippen LogP contribution in [0.4, 0.5) is 5.82 Å². The summed E-state index contributed by atoms with van der Waals surface area (Å²) in [6.07, 6.45) is 4.60. The molecular formula is C14H23N3O3S. The standard InChI is InChI=1S/C14H23N3O3S/c1-2-15-14-11-13(7-8-16-14)21(19,20)17-9-3-5-12(17)6-4-10-18/h7-8,11-12,18H,2-6,9-10H2,1H3,(H,15,16). The Balaban J connectivity index is 2.22. The van der Waals surface area contributed by atoms with E-state index in [2.05, 4.69) is 10.3 Å². The first-order valence-electron chi connectivity index (χ1n) is 7.42. The average molecular weight is 313 g/mol. The number of rotatable bonds is 7. The Morgan fingerprint density at radius 3 is 3.05 bits per heavy atom. The van der Waals surface area contributed by atoms with Crippen LogP contribution in [-0.2, 0) is 10.0 Å². The van der Waals surface area contributed by atoms with E-state index in [-0.39, 0.29) is 17.5 Å². The van der Waals surface area contributed by atoms with Crippen molar-refractivity contribution in [2.75, 3.05) is 25.0 Å². The summed E-state index contributed by atoms with van der Waals surface area (Å²) in [6.45, 7) is 3.29. The van der Waals surface area contributed by atoms with Crippen molar-refractivity contribution in [2.24, 2.45) is 0 Å². The van der Waals surface area contributed by atoms with Crippen molar-refractivity contribution in [1.29, 1.82) is 0 Å². The molecule has 6 nitrogen and oxygen atoms in total. The third kappa shape index (κ3) is 3.72. The smallest absolute Gasteiger partial charge is 0.243 e. The summed E-state index contributed by atoms with van der Waals surface area (Å²) in [7, 11) is -3.49. The van der Waals surface area contributed by atoms with Gasteiger partial charge in [-0.05, 0) is 38.7 Å². The quantitative estimate of drug-likeness (QED) is 0.796. The van der Waals surface area contributed by atoms with E-state index in [1.54, 1.807) is 10.4 Å². The van der Waals surface area contributed by atoms with Crippen molar-refractivity contribution in [3.8, 4) is 0 Å². The van der Waals surface area contributed by atoms with Crippen molar-refractivity contribution in [3.63, 3.8) is 0 Å². The van der Waals surface area contributed by atoms with Gasteiger partial charge in [0.05, 0.1) is 4.90 Å². The Morgan fingerprint density at radius 2 is 2.33 bits per heavy atom. The zero-order valence-corrected chi connectivity index (χ0v) is 13.1. The normalized spacial score (nSPS) is 19.8. The molecule has 1 aliphatic heterocycles. The zero-order chi connectivity index (χ0) is 15.3. The minimum Gasteiger partial charge on any atom is -0.396 e. The van der Waals surface area contributed by atoms with E-state index in [1.165, 1.54) is 12.3 Å². The molecule has 0 aliphatic carbocycles. The molecule has 118 valence electrons. The molecule has 1 aromatic rings. The lowest BCUT2D eigenvalue weighted by Crippen LogP contribution is -2.35. The molecule has 1 aromatic heterocycles. The topological polar surface area (TPSA) is 82.5 Å². The zero-order valence-electron chi connectivity index (χ0n) is 12.3. The van der Waals surface area contributed by atoms with Gasteiger partial charge in [0.15, 0.2) is 0 Å². The van der Waals surface area contributed by atoms with Gasteiger partial charge in [-0.1, -0.05) is 0 Å². The van der Waals surface area contributed by atoms with Crippen LogP contribution in [0.2, 0.25) is 0 Å². The molecule has 0 bridgehead atoms. The summed E-state index contributed by atoms with van der Waals surface area (Å²) in [4.78, 5) is 4.39. The highest BCUT2D eigenvalue weighted by Crippen LogP contribution is 2.29. The molecule has 1 fully saturated rings. The van der Waals surface area contributed by atoms with Crippen molar-refractivity contribution in [3.05, 3.63) is 18.3 Å². The van der Waals surface area contributed by atoms with Crippen LogP contribution in [-0.4, -0.2) is 48.6 Å². The molecule has 1 saturated heterocycles. The summed E-state index contributed by atoms with van der Waals surface area (Å²) in [5.74, 6) is 0.574. The fourth-order valence-corrected chi connectivity index (χ4v) is 4.46. The van der Waals surface area contributed by atoms with Crippen LogP contribution in [0.1, 0.15) is 32.6 Å². The van der Waals surface area contributed by atoms with E-state index >= 15 is 0 Å². The molecule has 2 N–H and O–H groups in total. The number of aliphatic hydroxyl groups excluding tert-OH is 1. The minimum atomic E-state index is -3.49. The van der Waals surface area contributed by atoms with Crippen molar-refractivity contribution in [1.82, 2.24) is 9.29 Å². The molecule has 1 aliphatic rings. The van der Waals surface area contributed by atoms with E-state index < -0.39 is 10.0 Å². The lowest BCUT2D eigenvalue weighted by molar-refractivity contribution is 0.264. The Morgan fingerprint density at radius 1 is 1.52 bits per heavy atom. The molecule has 1 unspecified atom stereocenters. The largest absolute Gasteiger partial charge is 0.396 e. The second-order valence-corrected chi connectivity index (χ2v) is 7.08. The van der Waals surface area contributed by atoms with Gasteiger partial charge in [-0.3, -0.25) is 0 Å². The molecule has 2 rings (SSSR count). The molecule has 0 saturated carbocycles. The Hall–Kier alpha value is -1.18. The van der Waals surface area contributed by atoms with Gasteiger partial charge in [-0.15, -0.1) is 0 Å². The molecule has 0 amide bonds. The first-order valence-corrected chi connectivity index (χ1v) is 8.86. The van der Waals surface area contributed by atoms with Gasteiger partial charge >= 0.3 is 0 Å². The number of anilines is 1.